The second-order valence-corrected chi connectivity index (χ2v) is 3.84. The number of halogens is 1. The van der Waals surface area contributed by atoms with Gasteiger partial charge < -0.3 is 4.74 Å². The van der Waals surface area contributed by atoms with Gasteiger partial charge in [0.1, 0.15) is 6.10 Å². The van der Waals surface area contributed by atoms with Crippen LogP contribution in [-0.4, -0.2) is 17.5 Å². The van der Waals surface area contributed by atoms with Crippen LogP contribution in [-0.2, 0) is 4.74 Å². The van der Waals surface area contributed by atoms with Gasteiger partial charge in [0.15, 0.2) is 0 Å². The molecule has 0 N–H and O–H groups in total. The first kappa shape index (κ1) is 11.1. The average Bonchev–Trinajstić information content (AvgIpc) is 2.19. The van der Waals surface area contributed by atoms with Crippen molar-refractivity contribution in [2.45, 2.75) is 25.3 Å². The van der Waals surface area contributed by atoms with Crippen LogP contribution in [0.25, 0.3) is 0 Å². The highest BCUT2D eigenvalue weighted by Crippen LogP contribution is 2.09. The zero-order chi connectivity index (χ0) is 10.6. The lowest BCUT2D eigenvalue weighted by atomic mass is 10.2. The van der Waals surface area contributed by atoms with Crippen LogP contribution in [0.2, 0.25) is 0 Å². The fourth-order valence-electron chi connectivity index (χ4n) is 0.905. The molecule has 76 valence electrons. The Morgan fingerprint density at radius 1 is 1.29 bits per heavy atom. The maximum Gasteiger partial charge on any atom is 0.338 e. The number of carbonyl (C=O) groups excluding carboxylic acids is 1. The van der Waals surface area contributed by atoms with Crippen LogP contribution >= 0.6 is 11.6 Å². The van der Waals surface area contributed by atoms with Gasteiger partial charge >= 0.3 is 5.97 Å². The molecular formula is C11H13ClO2. The van der Waals surface area contributed by atoms with Crippen molar-refractivity contribution in [1.29, 1.82) is 0 Å². The first-order chi connectivity index (χ1) is 6.61. The third-order valence-electron chi connectivity index (χ3n) is 1.95. The highest BCUT2D eigenvalue weighted by Gasteiger charge is 2.15. The number of hydrogen-bond acceptors (Lipinski definition) is 2. The molecule has 0 amide bonds. The van der Waals surface area contributed by atoms with E-state index >= 15 is 0 Å². The van der Waals surface area contributed by atoms with E-state index in [2.05, 4.69) is 0 Å². The van der Waals surface area contributed by atoms with Gasteiger partial charge in [0.2, 0.25) is 0 Å². The first-order valence-electron chi connectivity index (χ1n) is 4.51. The molecule has 2 atom stereocenters. The van der Waals surface area contributed by atoms with Crippen LogP contribution in [0.1, 0.15) is 24.2 Å². The fourth-order valence-corrected chi connectivity index (χ4v) is 0.956. The molecule has 0 bridgehead atoms. The summed E-state index contributed by atoms with van der Waals surface area (Å²) in [6.45, 7) is 3.57. The Kier molecular flexibility index (Phi) is 3.96. The van der Waals surface area contributed by atoms with Gasteiger partial charge in [0.05, 0.1) is 10.9 Å². The summed E-state index contributed by atoms with van der Waals surface area (Å²) in [5.41, 5.74) is 0.552. The van der Waals surface area contributed by atoms with Crippen LogP contribution in [0.3, 0.4) is 0 Å². The number of ether oxygens (including phenoxy) is 1. The quantitative estimate of drug-likeness (QED) is 0.569. The number of hydrogen-bond donors (Lipinski definition) is 0. The molecule has 1 aromatic carbocycles. The lowest BCUT2D eigenvalue weighted by Crippen LogP contribution is -2.22. The maximum atomic E-state index is 11.5. The highest BCUT2D eigenvalue weighted by molar-refractivity contribution is 6.20. The van der Waals surface area contributed by atoms with Gasteiger partial charge in [-0.15, -0.1) is 11.6 Å². The zero-order valence-electron chi connectivity index (χ0n) is 8.24. The Labute approximate surface area is 88.8 Å². The molecule has 2 nitrogen and oxygen atoms in total. The molecular weight excluding hydrogens is 200 g/mol. The SMILES string of the molecule is C[C@@H](Cl)[C@@H](C)OC(=O)c1ccccc1. The third kappa shape index (κ3) is 3.04. The topological polar surface area (TPSA) is 26.3 Å². The minimum Gasteiger partial charge on any atom is -0.458 e. The van der Waals surface area contributed by atoms with Crippen LogP contribution in [0.15, 0.2) is 30.3 Å². The lowest BCUT2D eigenvalue weighted by molar-refractivity contribution is 0.0341. The van der Waals surface area contributed by atoms with Gasteiger partial charge in [-0.2, -0.15) is 0 Å². The molecule has 14 heavy (non-hydrogen) atoms. The molecule has 1 rings (SSSR count). The monoisotopic (exact) mass is 212 g/mol. The van der Waals surface area contributed by atoms with E-state index in [1.165, 1.54) is 0 Å². The maximum absolute atomic E-state index is 11.5. The molecule has 0 radical (unpaired) electrons. The van der Waals surface area contributed by atoms with Crippen molar-refractivity contribution in [3.8, 4) is 0 Å². The molecule has 0 fully saturated rings. The van der Waals surface area contributed by atoms with E-state index in [1.807, 2.05) is 6.07 Å². The molecule has 0 spiro atoms. The van der Waals surface area contributed by atoms with E-state index in [0.29, 0.717) is 5.56 Å². The van der Waals surface area contributed by atoms with Gasteiger partial charge in [0, 0.05) is 0 Å². The minimum atomic E-state index is -0.328. The number of carbonyl (C=O) groups is 1. The molecule has 1 aromatic rings. The Morgan fingerprint density at radius 3 is 2.36 bits per heavy atom. The van der Waals surface area contributed by atoms with E-state index in [-0.39, 0.29) is 17.5 Å². The second-order valence-electron chi connectivity index (χ2n) is 3.15. The minimum absolute atomic E-state index is 0.178. The summed E-state index contributed by atoms with van der Waals surface area (Å²) < 4.78 is 5.13. The van der Waals surface area contributed by atoms with E-state index in [1.54, 1.807) is 38.1 Å². The normalized spacial score (nSPS) is 14.5. The number of esters is 1. The third-order valence-corrected chi connectivity index (χ3v) is 2.30. The predicted octanol–water partition coefficient (Wildman–Crippen LogP) is 2.86. The van der Waals surface area contributed by atoms with Gasteiger partial charge in [-0.3, -0.25) is 0 Å². The van der Waals surface area contributed by atoms with Crippen molar-refractivity contribution in [2.75, 3.05) is 0 Å². The Morgan fingerprint density at radius 2 is 1.86 bits per heavy atom. The second kappa shape index (κ2) is 5.01. The van der Waals surface area contributed by atoms with E-state index in [9.17, 15) is 4.79 Å². The summed E-state index contributed by atoms with van der Waals surface area (Å²) in [4.78, 5) is 11.5. The number of alkyl halides is 1. The smallest absolute Gasteiger partial charge is 0.338 e. The van der Waals surface area contributed by atoms with Crippen molar-refractivity contribution < 1.29 is 9.53 Å². The van der Waals surface area contributed by atoms with E-state index < -0.39 is 0 Å². The molecule has 0 aliphatic heterocycles. The summed E-state index contributed by atoms with van der Waals surface area (Å²) in [6.07, 6.45) is -0.274. The average molecular weight is 213 g/mol. The zero-order valence-corrected chi connectivity index (χ0v) is 8.99. The van der Waals surface area contributed by atoms with Crippen molar-refractivity contribution in [3.05, 3.63) is 35.9 Å². The van der Waals surface area contributed by atoms with E-state index in [0.717, 1.165) is 0 Å². The standard InChI is InChI=1S/C11H13ClO2/c1-8(12)9(2)14-11(13)10-6-4-3-5-7-10/h3-9H,1-2H3/t8-,9-/m1/s1. The molecule has 3 heteroatoms. The predicted molar refractivity (Wildman–Crippen MR) is 56.6 cm³/mol. The molecule has 0 aromatic heterocycles. The highest BCUT2D eigenvalue weighted by atomic mass is 35.5. The van der Waals surface area contributed by atoms with Crippen LogP contribution in [0.5, 0.6) is 0 Å². The van der Waals surface area contributed by atoms with Crippen molar-refractivity contribution in [3.63, 3.8) is 0 Å². The van der Waals surface area contributed by atoms with Crippen LogP contribution in [0, 0.1) is 0 Å². The summed E-state index contributed by atoms with van der Waals surface area (Å²) in [7, 11) is 0. The molecule has 0 unspecified atom stereocenters. The fraction of sp³-hybridized carbons (Fsp3) is 0.364. The van der Waals surface area contributed by atoms with Gasteiger partial charge in [0.25, 0.3) is 0 Å². The molecule has 0 aliphatic carbocycles. The van der Waals surface area contributed by atoms with Crippen molar-refractivity contribution >= 4 is 17.6 Å². The molecule has 0 saturated heterocycles. The van der Waals surface area contributed by atoms with Crippen molar-refractivity contribution in [1.82, 2.24) is 0 Å². The Balaban J connectivity index is 2.60. The molecule has 0 aliphatic rings. The summed E-state index contributed by atoms with van der Waals surface area (Å²) in [5, 5.41) is -0.178. The largest absolute Gasteiger partial charge is 0.458 e. The Bertz CT molecular complexity index is 295. The van der Waals surface area contributed by atoms with Gasteiger partial charge in [-0.1, -0.05) is 18.2 Å². The summed E-state index contributed by atoms with van der Waals surface area (Å²) >= 11 is 5.78. The molecule has 0 saturated carbocycles. The Hall–Kier alpha value is -1.02. The number of rotatable bonds is 3. The summed E-state index contributed by atoms with van der Waals surface area (Å²) in [5.74, 6) is -0.328. The van der Waals surface area contributed by atoms with Gasteiger partial charge in [-0.05, 0) is 26.0 Å². The lowest BCUT2D eigenvalue weighted by Gasteiger charge is -2.14. The van der Waals surface area contributed by atoms with Crippen LogP contribution in [0.4, 0.5) is 0 Å². The molecule has 0 heterocycles. The van der Waals surface area contributed by atoms with Crippen LogP contribution < -0.4 is 0 Å². The summed E-state index contributed by atoms with van der Waals surface area (Å²) in [6, 6.07) is 8.88. The van der Waals surface area contributed by atoms with Gasteiger partial charge in [-0.25, -0.2) is 4.79 Å². The number of benzene rings is 1. The van der Waals surface area contributed by atoms with Crippen molar-refractivity contribution in [2.24, 2.45) is 0 Å². The first-order valence-corrected chi connectivity index (χ1v) is 4.95. The van der Waals surface area contributed by atoms with E-state index in [4.69, 9.17) is 16.3 Å².